The molecule has 2 amide bonds. The summed E-state index contributed by atoms with van der Waals surface area (Å²) in [6.07, 6.45) is 6.72. The average Bonchev–Trinajstić information content (AvgIpc) is 3.29. The van der Waals surface area contributed by atoms with Crippen molar-refractivity contribution in [2.75, 3.05) is 33.0 Å². The fourth-order valence-electron chi connectivity index (χ4n) is 5.29. The molecule has 3 fully saturated rings. The number of benzene rings is 1. The highest BCUT2D eigenvalue weighted by Gasteiger charge is 2.42. The molecule has 1 aliphatic carbocycles. The zero-order chi connectivity index (χ0) is 18.3. The van der Waals surface area contributed by atoms with Crippen LogP contribution in [0.5, 0.6) is 11.5 Å². The molecule has 27 heavy (non-hydrogen) atoms. The number of rotatable bonds is 3. The summed E-state index contributed by atoms with van der Waals surface area (Å²) in [5.74, 6) is 1.66. The Bertz CT molecular complexity index is 700. The standard InChI is InChI=1S/C21H28N2O4/c24-20(23-16-4-5-17(23)13-25-12-16)22-14-21(7-1-2-8-21)15-3-6-18-19(11-15)27-10-9-26-18/h3,6,11,16-17H,1-2,4-5,7-10,12-14H2,(H,22,24). The van der Waals surface area contributed by atoms with Gasteiger partial charge in [-0.3, -0.25) is 0 Å². The number of nitrogens with zero attached hydrogens (tertiary/aromatic N) is 1. The topological polar surface area (TPSA) is 60.0 Å². The first-order chi connectivity index (χ1) is 13.3. The van der Waals surface area contributed by atoms with Crippen LogP contribution in [0, 0.1) is 0 Å². The number of amides is 2. The van der Waals surface area contributed by atoms with Gasteiger partial charge in [0.25, 0.3) is 0 Å². The fourth-order valence-corrected chi connectivity index (χ4v) is 5.29. The Kier molecular flexibility index (Phi) is 4.38. The second kappa shape index (κ2) is 6.89. The van der Waals surface area contributed by atoms with Crippen molar-refractivity contribution in [3.8, 4) is 11.5 Å². The third-order valence-electron chi connectivity index (χ3n) is 6.77. The zero-order valence-electron chi connectivity index (χ0n) is 15.7. The smallest absolute Gasteiger partial charge is 0.318 e. The number of nitrogens with one attached hydrogen (secondary N) is 1. The van der Waals surface area contributed by atoms with E-state index in [1.165, 1.54) is 18.4 Å². The summed E-state index contributed by atoms with van der Waals surface area (Å²) in [5, 5.41) is 3.27. The van der Waals surface area contributed by atoms with Gasteiger partial charge in [0, 0.05) is 12.0 Å². The highest BCUT2D eigenvalue weighted by Crippen LogP contribution is 2.44. The molecule has 2 atom stereocenters. The van der Waals surface area contributed by atoms with Crippen LogP contribution < -0.4 is 14.8 Å². The van der Waals surface area contributed by atoms with Crippen LogP contribution in [0.25, 0.3) is 0 Å². The van der Waals surface area contributed by atoms with E-state index in [2.05, 4.69) is 17.4 Å². The largest absolute Gasteiger partial charge is 0.486 e. The van der Waals surface area contributed by atoms with E-state index >= 15 is 0 Å². The molecule has 6 nitrogen and oxygen atoms in total. The molecular formula is C21H28N2O4. The SMILES string of the molecule is O=C(NCC1(c2ccc3c(c2)OCCO3)CCCC1)N1C2CCC1COC2. The van der Waals surface area contributed by atoms with Crippen LogP contribution in [0.15, 0.2) is 18.2 Å². The first-order valence-corrected chi connectivity index (χ1v) is 10.3. The number of carbonyl (C=O) groups is 1. The van der Waals surface area contributed by atoms with E-state index in [9.17, 15) is 4.79 Å². The summed E-state index contributed by atoms with van der Waals surface area (Å²) in [7, 11) is 0. The fraction of sp³-hybridized carbons (Fsp3) is 0.667. The van der Waals surface area contributed by atoms with Crippen LogP contribution in [0.4, 0.5) is 4.79 Å². The van der Waals surface area contributed by atoms with Gasteiger partial charge in [0.15, 0.2) is 11.5 Å². The van der Waals surface area contributed by atoms with E-state index in [-0.39, 0.29) is 23.5 Å². The van der Waals surface area contributed by atoms with Crippen molar-refractivity contribution in [2.24, 2.45) is 0 Å². The molecule has 0 aromatic heterocycles. The lowest BCUT2D eigenvalue weighted by Gasteiger charge is -2.37. The first-order valence-electron chi connectivity index (χ1n) is 10.3. The number of morpholine rings is 1. The van der Waals surface area contributed by atoms with Gasteiger partial charge in [-0.15, -0.1) is 0 Å². The number of hydrogen-bond acceptors (Lipinski definition) is 4. The maximum absolute atomic E-state index is 12.9. The van der Waals surface area contributed by atoms with Gasteiger partial charge in [-0.05, 0) is 43.4 Å². The Morgan fingerprint density at radius 1 is 1.07 bits per heavy atom. The Balaban J connectivity index is 1.33. The lowest BCUT2D eigenvalue weighted by Crippen LogP contribution is -2.54. The second-order valence-corrected chi connectivity index (χ2v) is 8.33. The third kappa shape index (κ3) is 3.04. The van der Waals surface area contributed by atoms with Crippen molar-refractivity contribution in [1.82, 2.24) is 10.2 Å². The molecule has 2 bridgehead atoms. The number of fused-ring (bicyclic) bond motifs is 3. The van der Waals surface area contributed by atoms with Gasteiger partial charge in [-0.25, -0.2) is 4.79 Å². The van der Waals surface area contributed by atoms with E-state index in [1.807, 2.05) is 11.0 Å². The molecule has 1 aromatic rings. The summed E-state index contributed by atoms with van der Waals surface area (Å²) in [5.41, 5.74) is 1.26. The van der Waals surface area contributed by atoms with Gasteiger partial charge in [0.1, 0.15) is 13.2 Å². The van der Waals surface area contributed by atoms with Crippen molar-refractivity contribution in [2.45, 2.75) is 56.0 Å². The minimum absolute atomic E-state index is 0.00314. The first kappa shape index (κ1) is 17.2. The Morgan fingerprint density at radius 3 is 2.52 bits per heavy atom. The Hall–Kier alpha value is -1.95. The van der Waals surface area contributed by atoms with Gasteiger partial charge in [0.2, 0.25) is 0 Å². The summed E-state index contributed by atoms with van der Waals surface area (Å²) in [6.45, 7) is 3.24. The number of ether oxygens (including phenoxy) is 3. The van der Waals surface area contributed by atoms with Gasteiger partial charge in [0.05, 0.1) is 25.3 Å². The van der Waals surface area contributed by atoms with Crippen LogP contribution >= 0.6 is 0 Å². The number of carbonyl (C=O) groups excluding carboxylic acids is 1. The lowest BCUT2D eigenvalue weighted by molar-refractivity contribution is 0.00611. The van der Waals surface area contributed by atoms with E-state index in [4.69, 9.17) is 14.2 Å². The predicted molar refractivity (Wildman–Crippen MR) is 100 cm³/mol. The highest BCUT2D eigenvalue weighted by atomic mass is 16.6. The van der Waals surface area contributed by atoms with Crippen LogP contribution in [0.1, 0.15) is 44.1 Å². The molecule has 1 saturated carbocycles. The van der Waals surface area contributed by atoms with Crippen LogP contribution in [-0.2, 0) is 10.2 Å². The van der Waals surface area contributed by atoms with Crippen molar-refractivity contribution in [3.05, 3.63) is 23.8 Å². The molecule has 3 aliphatic heterocycles. The molecular weight excluding hydrogens is 344 g/mol. The van der Waals surface area contributed by atoms with Crippen molar-refractivity contribution >= 4 is 6.03 Å². The molecule has 0 spiro atoms. The predicted octanol–water partition coefficient (Wildman–Crippen LogP) is 2.84. The van der Waals surface area contributed by atoms with Gasteiger partial charge < -0.3 is 24.4 Å². The summed E-state index contributed by atoms with van der Waals surface area (Å²) < 4.78 is 17.1. The van der Waals surface area contributed by atoms with Gasteiger partial charge in [-0.1, -0.05) is 18.9 Å². The van der Waals surface area contributed by atoms with Crippen LogP contribution in [-0.4, -0.2) is 56.0 Å². The second-order valence-electron chi connectivity index (χ2n) is 8.33. The van der Waals surface area contributed by atoms with Gasteiger partial charge in [-0.2, -0.15) is 0 Å². The molecule has 6 heteroatoms. The van der Waals surface area contributed by atoms with Crippen molar-refractivity contribution in [3.63, 3.8) is 0 Å². The molecule has 1 N–H and O–H groups in total. The number of hydrogen-bond donors (Lipinski definition) is 1. The molecule has 2 unspecified atom stereocenters. The van der Waals surface area contributed by atoms with E-state index < -0.39 is 0 Å². The zero-order valence-corrected chi connectivity index (χ0v) is 15.7. The molecule has 3 heterocycles. The van der Waals surface area contributed by atoms with E-state index in [0.29, 0.717) is 33.0 Å². The lowest BCUT2D eigenvalue weighted by atomic mass is 9.78. The molecule has 0 radical (unpaired) electrons. The monoisotopic (exact) mass is 372 g/mol. The van der Waals surface area contributed by atoms with Crippen molar-refractivity contribution < 1.29 is 19.0 Å². The summed E-state index contributed by atoms with van der Waals surface area (Å²) in [6, 6.07) is 6.88. The summed E-state index contributed by atoms with van der Waals surface area (Å²) >= 11 is 0. The van der Waals surface area contributed by atoms with Gasteiger partial charge >= 0.3 is 6.03 Å². The molecule has 1 aromatic carbocycles. The molecule has 2 saturated heterocycles. The highest BCUT2D eigenvalue weighted by molar-refractivity contribution is 5.75. The Morgan fingerprint density at radius 2 is 1.78 bits per heavy atom. The van der Waals surface area contributed by atoms with Crippen molar-refractivity contribution in [1.29, 1.82) is 0 Å². The Labute approximate surface area is 160 Å². The minimum Gasteiger partial charge on any atom is -0.486 e. The van der Waals surface area contributed by atoms with Crippen LogP contribution in [0.2, 0.25) is 0 Å². The molecule has 5 rings (SSSR count). The third-order valence-corrected chi connectivity index (χ3v) is 6.77. The van der Waals surface area contributed by atoms with Crippen LogP contribution in [0.3, 0.4) is 0 Å². The van der Waals surface area contributed by atoms with E-state index in [1.54, 1.807) is 0 Å². The number of urea groups is 1. The molecule has 4 aliphatic rings. The normalized spacial score (nSPS) is 28.2. The summed E-state index contributed by atoms with van der Waals surface area (Å²) in [4.78, 5) is 15.0. The minimum atomic E-state index is -0.00314. The maximum atomic E-state index is 12.9. The average molecular weight is 372 g/mol. The molecule has 146 valence electrons. The quantitative estimate of drug-likeness (QED) is 0.886. The maximum Gasteiger partial charge on any atom is 0.318 e. The van der Waals surface area contributed by atoms with E-state index in [0.717, 1.165) is 37.2 Å².